The van der Waals surface area contributed by atoms with Crippen molar-refractivity contribution in [1.29, 1.82) is 0 Å². The van der Waals surface area contributed by atoms with Crippen molar-refractivity contribution < 1.29 is 14.6 Å². The van der Waals surface area contributed by atoms with E-state index in [0.717, 1.165) is 6.42 Å². The van der Waals surface area contributed by atoms with Crippen molar-refractivity contribution in [2.45, 2.75) is 32.2 Å². The lowest BCUT2D eigenvalue weighted by molar-refractivity contribution is -0.226. The van der Waals surface area contributed by atoms with E-state index in [9.17, 15) is 5.11 Å². The van der Waals surface area contributed by atoms with Crippen molar-refractivity contribution in [2.24, 2.45) is 11.7 Å². The number of methoxy groups -OCH3 is 2. The van der Waals surface area contributed by atoms with Gasteiger partial charge >= 0.3 is 0 Å². The molecule has 13 heavy (non-hydrogen) atoms. The van der Waals surface area contributed by atoms with Gasteiger partial charge in [-0.25, -0.2) is 0 Å². The summed E-state index contributed by atoms with van der Waals surface area (Å²) >= 11 is 0. The van der Waals surface area contributed by atoms with Gasteiger partial charge in [-0.2, -0.15) is 0 Å². The predicted molar refractivity (Wildman–Crippen MR) is 51.3 cm³/mol. The van der Waals surface area contributed by atoms with Crippen molar-refractivity contribution >= 4 is 0 Å². The molecule has 0 aliphatic carbocycles. The molecule has 0 aromatic heterocycles. The Morgan fingerprint density at radius 2 is 1.85 bits per heavy atom. The molecular formula is C9H21NO3. The number of hydrogen-bond donors (Lipinski definition) is 2. The van der Waals surface area contributed by atoms with Gasteiger partial charge in [-0.3, -0.25) is 0 Å². The third-order valence-corrected chi connectivity index (χ3v) is 2.51. The summed E-state index contributed by atoms with van der Waals surface area (Å²) in [4.78, 5) is 0. The highest BCUT2D eigenvalue weighted by Gasteiger charge is 2.38. The average Bonchev–Trinajstić information content (AvgIpc) is 2.07. The number of rotatable bonds is 6. The fourth-order valence-electron chi connectivity index (χ4n) is 1.58. The first-order valence-electron chi connectivity index (χ1n) is 4.52. The van der Waals surface area contributed by atoms with Crippen LogP contribution in [0.25, 0.3) is 0 Å². The lowest BCUT2D eigenvalue weighted by Gasteiger charge is -2.36. The normalized spacial score (nSPS) is 18.7. The van der Waals surface area contributed by atoms with Crippen LogP contribution in [0.4, 0.5) is 0 Å². The third kappa shape index (κ3) is 2.91. The molecular weight excluding hydrogens is 170 g/mol. The van der Waals surface area contributed by atoms with E-state index in [1.165, 1.54) is 14.2 Å². The van der Waals surface area contributed by atoms with E-state index in [-0.39, 0.29) is 5.92 Å². The number of ether oxygens (including phenoxy) is 2. The molecule has 0 aromatic rings. The SMILES string of the molecule is CCC(CN)C(C)(O)C(OC)OC. The second-order valence-corrected chi connectivity index (χ2v) is 3.37. The lowest BCUT2D eigenvalue weighted by Crippen LogP contribution is -2.50. The van der Waals surface area contributed by atoms with E-state index in [0.29, 0.717) is 6.54 Å². The zero-order valence-corrected chi connectivity index (χ0v) is 8.91. The minimum Gasteiger partial charge on any atom is -0.385 e. The summed E-state index contributed by atoms with van der Waals surface area (Å²) in [7, 11) is 3.01. The van der Waals surface area contributed by atoms with Gasteiger partial charge in [0.2, 0.25) is 0 Å². The zero-order chi connectivity index (χ0) is 10.5. The Morgan fingerprint density at radius 3 is 2.08 bits per heavy atom. The molecule has 80 valence electrons. The van der Waals surface area contributed by atoms with E-state index in [2.05, 4.69) is 0 Å². The molecule has 0 fully saturated rings. The van der Waals surface area contributed by atoms with Crippen molar-refractivity contribution in [3.63, 3.8) is 0 Å². The van der Waals surface area contributed by atoms with Crippen LogP contribution in [0.1, 0.15) is 20.3 Å². The fraction of sp³-hybridized carbons (Fsp3) is 1.00. The molecule has 0 aliphatic rings. The fourth-order valence-corrected chi connectivity index (χ4v) is 1.58. The summed E-state index contributed by atoms with van der Waals surface area (Å²) in [6.45, 7) is 4.09. The highest BCUT2D eigenvalue weighted by Crippen LogP contribution is 2.25. The van der Waals surface area contributed by atoms with E-state index >= 15 is 0 Å². The summed E-state index contributed by atoms with van der Waals surface area (Å²) in [5, 5.41) is 10.1. The topological polar surface area (TPSA) is 64.7 Å². The molecule has 3 N–H and O–H groups in total. The van der Waals surface area contributed by atoms with Crippen LogP contribution in [0.5, 0.6) is 0 Å². The molecule has 2 unspecified atom stereocenters. The summed E-state index contributed by atoms with van der Waals surface area (Å²) in [5.41, 5.74) is 4.51. The van der Waals surface area contributed by atoms with Crippen LogP contribution in [0.3, 0.4) is 0 Å². The summed E-state index contributed by atoms with van der Waals surface area (Å²) in [6, 6.07) is 0. The molecule has 0 aliphatic heterocycles. The maximum Gasteiger partial charge on any atom is 0.185 e. The van der Waals surface area contributed by atoms with Gasteiger partial charge in [-0.05, 0) is 19.9 Å². The van der Waals surface area contributed by atoms with Crippen LogP contribution >= 0.6 is 0 Å². The van der Waals surface area contributed by atoms with Gasteiger partial charge in [0.1, 0.15) is 5.60 Å². The zero-order valence-electron chi connectivity index (χ0n) is 8.91. The van der Waals surface area contributed by atoms with Crippen LogP contribution in [-0.2, 0) is 9.47 Å². The van der Waals surface area contributed by atoms with Crippen molar-refractivity contribution in [2.75, 3.05) is 20.8 Å². The van der Waals surface area contributed by atoms with Gasteiger partial charge in [-0.15, -0.1) is 0 Å². The lowest BCUT2D eigenvalue weighted by atomic mass is 9.86. The maximum atomic E-state index is 10.1. The van der Waals surface area contributed by atoms with Gasteiger partial charge in [0, 0.05) is 20.1 Å². The van der Waals surface area contributed by atoms with Crippen molar-refractivity contribution in [3.05, 3.63) is 0 Å². The highest BCUT2D eigenvalue weighted by atomic mass is 16.7. The average molecular weight is 191 g/mol. The standard InChI is InChI=1S/C9H21NO3/c1-5-7(6-10)9(2,11)8(12-3)13-4/h7-8,11H,5-6,10H2,1-4H3. The van der Waals surface area contributed by atoms with Crippen molar-refractivity contribution in [3.8, 4) is 0 Å². The Hall–Kier alpha value is -0.160. The number of nitrogens with two attached hydrogens (primary N) is 1. The Kier molecular flexibility index (Phi) is 5.48. The van der Waals surface area contributed by atoms with Gasteiger partial charge < -0.3 is 20.3 Å². The van der Waals surface area contributed by atoms with Crippen LogP contribution < -0.4 is 5.73 Å². The van der Waals surface area contributed by atoms with Crippen LogP contribution in [0, 0.1) is 5.92 Å². The molecule has 0 aromatic carbocycles. The summed E-state index contributed by atoms with van der Waals surface area (Å²) < 4.78 is 10.0. The monoisotopic (exact) mass is 191 g/mol. The second-order valence-electron chi connectivity index (χ2n) is 3.37. The predicted octanol–water partition coefficient (Wildman–Crippen LogP) is 0.341. The van der Waals surface area contributed by atoms with Gasteiger partial charge in [0.15, 0.2) is 6.29 Å². The first-order chi connectivity index (χ1) is 6.04. The van der Waals surface area contributed by atoms with Crippen LogP contribution in [0.15, 0.2) is 0 Å². The second kappa shape index (κ2) is 5.54. The molecule has 0 heterocycles. The minimum atomic E-state index is -1.03. The molecule has 2 atom stereocenters. The molecule has 0 amide bonds. The molecule has 0 bridgehead atoms. The first kappa shape index (κ1) is 12.8. The Balaban J connectivity index is 4.48. The molecule has 0 rings (SSSR count). The summed E-state index contributed by atoms with van der Waals surface area (Å²) in [6.07, 6.45) is 0.174. The van der Waals surface area contributed by atoms with Crippen LogP contribution in [0.2, 0.25) is 0 Å². The number of hydrogen-bond acceptors (Lipinski definition) is 4. The maximum absolute atomic E-state index is 10.1. The largest absolute Gasteiger partial charge is 0.385 e. The third-order valence-electron chi connectivity index (χ3n) is 2.51. The molecule has 0 saturated carbocycles. The number of aliphatic hydroxyl groups is 1. The van der Waals surface area contributed by atoms with Gasteiger partial charge in [0.05, 0.1) is 0 Å². The molecule has 0 radical (unpaired) electrons. The first-order valence-corrected chi connectivity index (χ1v) is 4.52. The molecule has 4 nitrogen and oxygen atoms in total. The van der Waals surface area contributed by atoms with Crippen LogP contribution in [-0.4, -0.2) is 37.8 Å². The van der Waals surface area contributed by atoms with Gasteiger partial charge in [-0.1, -0.05) is 6.92 Å². The smallest absolute Gasteiger partial charge is 0.185 e. The molecule has 0 spiro atoms. The van der Waals surface area contributed by atoms with E-state index in [4.69, 9.17) is 15.2 Å². The van der Waals surface area contributed by atoms with E-state index < -0.39 is 11.9 Å². The molecule has 0 saturated heterocycles. The Labute approximate surface area is 80.0 Å². The summed E-state index contributed by atoms with van der Waals surface area (Å²) in [5.74, 6) is -0.0163. The van der Waals surface area contributed by atoms with E-state index in [1.807, 2.05) is 6.92 Å². The quantitative estimate of drug-likeness (QED) is 0.594. The van der Waals surface area contributed by atoms with E-state index in [1.54, 1.807) is 6.92 Å². The highest BCUT2D eigenvalue weighted by molar-refractivity contribution is 4.85. The van der Waals surface area contributed by atoms with Gasteiger partial charge in [0.25, 0.3) is 0 Å². The Bertz CT molecular complexity index is 117. The minimum absolute atomic E-state index is 0.0163. The Morgan fingerprint density at radius 1 is 1.38 bits per heavy atom. The molecule has 4 heteroatoms. The van der Waals surface area contributed by atoms with Crippen molar-refractivity contribution in [1.82, 2.24) is 0 Å².